The van der Waals surface area contributed by atoms with E-state index in [0.717, 1.165) is 25.9 Å². The molecule has 0 atom stereocenters. The summed E-state index contributed by atoms with van der Waals surface area (Å²) in [6, 6.07) is 7.40. The molecule has 2 aliphatic heterocycles. The molecule has 6 heteroatoms. The van der Waals surface area contributed by atoms with Crippen molar-refractivity contribution >= 4 is 23.3 Å². The van der Waals surface area contributed by atoms with E-state index in [1.807, 2.05) is 21.9 Å². The summed E-state index contributed by atoms with van der Waals surface area (Å²) in [5, 5.41) is 2.90. The van der Waals surface area contributed by atoms with Crippen molar-refractivity contribution in [1.29, 1.82) is 0 Å². The predicted molar refractivity (Wildman–Crippen MR) is 90.0 cm³/mol. The zero-order valence-corrected chi connectivity index (χ0v) is 13.3. The quantitative estimate of drug-likeness (QED) is 0.821. The van der Waals surface area contributed by atoms with Crippen molar-refractivity contribution in [2.24, 2.45) is 5.92 Å². The highest BCUT2D eigenvalue weighted by Gasteiger charge is 2.30. The van der Waals surface area contributed by atoms with Gasteiger partial charge in [0.2, 0.25) is 5.91 Å². The molecule has 3 rings (SSSR count). The van der Waals surface area contributed by atoms with E-state index in [9.17, 15) is 9.59 Å². The average molecular weight is 316 g/mol. The second kappa shape index (κ2) is 6.89. The number of carbonyl (C=O) groups is 2. The zero-order valence-electron chi connectivity index (χ0n) is 13.3. The first-order chi connectivity index (χ1) is 11.1. The van der Waals surface area contributed by atoms with Crippen LogP contribution in [0.25, 0.3) is 0 Å². The van der Waals surface area contributed by atoms with Gasteiger partial charge in [-0.15, -0.1) is 0 Å². The lowest BCUT2D eigenvalue weighted by Gasteiger charge is -2.34. The lowest BCUT2D eigenvalue weighted by molar-refractivity contribution is -0.121. The van der Waals surface area contributed by atoms with E-state index in [1.54, 1.807) is 12.1 Å². The number of nitrogens with zero attached hydrogens (tertiary/aromatic N) is 2. The number of carbonyl (C=O) groups excluding carboxylic acids is 2. The summed E-state index contributed by atoms with van der Waals surface area (Å²) in [6.45, 7) is 3.04. The first kappa shape index (κ1) is 15.6. The largest absolute Gasteiger partial charge is 0.397 e. The van der Waals surface area contributed by atoms with E-state index in [-0.39, 0.29) is 17.9 Å². The number of hydrogen-bond acceptors (Lipinski definition) is 3. The lowest BCUT2D eigenvalue weighted by atomic mass is 9.96. The number of anilines is 2. The number of hydrogen-bond donors (Lipinski definition) is 2. The van der Waals surface area contributed by atoms with Crippen LogP contribution in [-0.4, -0.2) is 47.9 Å². The lowest BCUT2D eigenvalue weighted by Crippen LogP contribution is -2.47. The van der Waals surface area contributed by atoms with Crippen LogP contribution in [0.1, 0.15) is 25.7 Å². The van der Waals surface area contributed by atoms with Crippen molar-refractivity contribution in [3.8, 4) is 0 Å². The van der Waals surface area contributed by atoms with Gasteiger partial charge in [-0.3, -0.25) is 4.79 Å². The normalized spacial score (nSPS) is 19.0. The van der Waals surface area contributed by atoms with Crippen molar-refractivity contribution in [3.63, 3.8) is 0 Å². The molecule has 2 fully saturated rings. The monoisotopic (exact) mass is 316 g/mol. The fourth-order valence-electron chi connectivity index (χ4n) is 3.29. The van der Waals surface area contributed by atoms with Crippen LogP contribution in [0.2, 0.25) is 0 Å². The fraction of sp³-hybridized carbons (Fsp3) is 0.529. The topological polar surface area (TPSA) is 78.7 Å². The van der Waals surface area contributed by atoms with E-state index in [0.29, 0.717) is 37.3 Å². The Labute approximate surface area is 136 Å². The molecule has 124 valence electrons. The van der Waals surface area contributed by atoms with Crippen LogP contribution < -0.4 is 11.1 Å². The smallest absolute Gasteiger partial charge is 0.319 e. The van der Waals surface area contributed by atoms with Crippen LogP contribution in [0.3, 0.4) is 0 Å². The Balaban J connectivity index is 1.51. The Bertz CT molecular complexity index is 576. The number of nitrogens with one attached hydrogen (secondary N) is 1. The first-order valence-corrected chi connectivity index (χ1v) is 8.34. The molecule has 6 nitrogen and oxygen atoms in total. The molecule has 0 bridgehead atoms. The standard InChI is InChI=1S/C17H24N4O2/c18-14-5-1-2-6-15(14)19-16(22)13-7-11-21(12-8-13)17(23)20-9-3-4-10-20/h1-2,5-6,13H,3-4,7-12,18H2,(H,19,22). The molecule has 0 aromatic heterocycles. The number of benzene rings is 1. The molecule has 1 aromatic rings. The third kappa shape index (κ3) is 3.57. The highest BCUT2D eigenvalue weighted by molar-refractivity contribution is 5.95. The van der Waals surface area contributed by atoms with E-state index >= 15 is 0 Å². The summed E-state index contributed by atoms with van der Waals surface area (Å²) < 4.78 is 0. The van der Waals surface area contributed by atoms with Gasteiger partial charge in [-0.2, -0.15) is 0 Å². The van der Waals surface area contributed by atoms with Crippen LogP contribution in [0, 0.1) is 5.92 Å². The number of amides is 3. The Morgan fingerprint density at radius 3 is 2.26 bits per heavy atom. The van der Waals surface area contributed by atoms with Crippen molar-refractivity contribution in [2.45, 2.75) is 25.7 Å². The maximum atomic E-state index is 12.4. The molecule has 0 saturated carbocycles. The number of urea groups is 1. The van der Waals surface area contributed by atoms with Gasteiger partial charge in [0.25, 0.3) is 0 Å². The minimum absolute atomic E-state index is 0.00354. The summed E-state index contributed by atoms with van der Waals surface area (Å²) >= 11 is 0. The summed E-state index contributed by atoms with van der Waals surface area (Å²) in [7, 11) is 0. The minimum atomic E-state index is -0.0581. The summed E-state index contributed by atoms with van der Waals surface area (Å²) in [6.07, 6.45) is 3.61. The van der Waals surface area contributed by atoms with Gasteiger partial charge in [-0.1, -0.05) is 12.1 Å². The Hall–Kier alpha value is -2.24. The number of rotatable bonds is 2. The Morgan fingerprint density at radius 1 is 1.00 bits per heavy atom. The van der Waals surface area contributed by atoms with Gasteiger partial charge < -0.3 is 20.9 Å². The van der Waals surface area contributed by atoms with Gasteiger partial charge in [0.05, 0.1) is 11.4 Å². The van der Waals surface area contributed by atoms with Crippen LogP contribution in [0.5, 0.6) is 0 Å². The number of likely N-dealkylation sites (tertiary alicyclic amines) is 2. The summed E-state index contributed by atoms with van der Waals surface area (Å²) in [5.74, 6) is -0.0617. The number of nitrogen functional groups attached to an aromatic ring is 1. The molecular weight excluding hydrogens is 292 g/mol. The average Bonchev–Trinajstić information content (AvgIpc) is 3.11. The molecule has 23 heavy (non-hydrogen) atoms. The molecule has 0 aliphatic carbocycles. The third-order valence-electron chi connectivity index (χ3n) is 4.73. The fourth-order valence-corrected chi connectivity index (χ4v) is 3.29. The molecule has 2 heterocycles. The van der Waals surface area contributed by atoms with E-state index in [4.69, 9.17) is 5.73 Å². The molecular formula is C17H24N4O2. The van der Waals surface area contributed by atoms with E-state index < -0.39 is 0 Å². The zero-order chi connectivity index (χ0) is 16.2. The van der Waals surface area contributed by atoms with Crippen molar-refractivity contribution < 1.29 is 9.59 Å². The molecule has 0 radical (unpaired) electrons. The highest BCUT2D eigenvalue weighted by Crippen LogP contribution is 2.23. The molecule has 0 spiro atoms. The summed E-state index contributed by atoms with van der Waals surface area (Å²) in [5.41, 5.74) is 7.09. The molecule has 2 saturated heterocycles. The number of para-hydroxylation sites is 2. The van der Waals surface area contributed by atoms with Gasteiger partial charge in [-0.05, 0) is 37.8 Å². The predicted octanol–water partition coefficient (Wildman–Crippen LogP) is 2.14. The molecule has 2 aliphatic rings. The SMILES string of the molecule is Nc1ccccc1NC(=O)C1CCN(C(=O)N2CCCC2)CC1. The second-order valence-corrected chi connectivity index (χ2v) is 6.31. The summed E-state index contributed by atoms with van der Waals surface area (Å²) in [4.78, 5) is 28.5. The van der Waals surface area contributed by atoms with Crippen molar-refractivity contribution in [3.05, 3.63) is 24.3 Å². The van der Waals surface area contributed by atoms with Gasteiger partial charge in [0, 0.05) is 32.1 Å². The Kier molecular flexibility index (Phi) is 4.69. The molecule has 3 amide bonds. The minimum Gasteiger partial charge on any atom is -0.397 e. The van der Waals surface area contributed by atoms with Gasteiger partial charge in [0.15, 0.2) is 0 Å². The highest BCUT2D eigenvalue weighted by atomic mass is 16.2. The number of piperidine rings is 1. The first-order valence-electron chi connectivity index (χ1n) is 8.34. The van der Waals surface area contributed by atoms with Crippen molar-refractivity contribution in [1.82, 2.24) is 9.80 Å². The van der Waals surface area contributed by atoms with Crippen LogP contribution in [-0.2, 0) is 4.79 Å². The van der Waals surface area contributed by atoms with Gasteiger partial charge in [-0.25, -0.2) is 4.79 Å². The van der Waals surface area contributed by atoms with Crippen molar-refractivity contribution in [2.75, 3.05) is 37.2 Å². The maximum absolute atomic E-state index is 12.4. The molecule has 1 aromatic carbocycles. The molecule has 0 unspecified atom stereocenters. The van der Waals surface area contributed by atoms with Gasteiger partial charge in [0.1, 0.15) is 0 Å². The van der Waals surface area contributed by atoms with Crippen LogP contribution >= 0.6 is 0 Å². The van der Waals surface area contributed by atoms with E-state index in [2.05, 4.69) is 5.32 Å². The number of nitrogens with two attached hydrogens (primary N) is 1. The third-order valence-corrected chi connectivity index (χ3v) is 4.73. The van der Waals surface area contributed by atoms with Gasteiger partial charge >= 0.3 is 6.03 Å². The van der Waals surface area contributed by atoms with E-state index in [1.165, 1.54) is 0 Å². The maximum Gasteiger partial charge on any atom is 0.319 e. The van der Waals surface area contributed by atoms with Crippen LogP contribution in [0.15, 0.2) is 24.3 Å². The molecule has 3 N–H and O–H groups in total. The Morgan fingerprint density at radius 2 is 1.61 bits per heavy atom. The van der Waals surface area contributed by atoms with Crippen LogP contribution in [0.4, 0.5) is 16.2 Å². The second-order valence-electron chi connectivity index (χ2n) is 6.31.